The van der Waals surface area contributed by atoms with Gasteiger partial charge in [-0.15, -0.1) is 0 Å². The van der Waals surface area contributed by atoms with Crippen LogP contribution in [0.25, 0.3) is 11.1 Å². The van der Waals surface area contributed by atoms with E-state index in [1.54, 1.807) is 18.2 Å². The number of H-pyrrole nitrogens is 1. The van der Waals surface area contributed by atoms with Crippen LogP contribution >= 0.6 is 0 Å². The summed E-state index contributed by atoms with van der Waals surface area (Å²) in [5, 5.41) is 15.2. The molecule has 0 saturated carbocycles. The molecule has 3 aromatic carbocycles. The van der Waals surface area contributed by atoms with Crippen LogP contribution in [0.4, 0.5) is 5.69 Å². The number of amides is 4. The minimum atomic E-state index is -0.965. The maximum absolute atomic E-state index is 14.0. The third-order valence-electron chi connectivity index (χ3n) is 15.2. The average molecular weight is 986 g/mol. The van der Waals surface area contributed by atoms with Crippen molar-refractivity contribution in [2.24, 2.45) is 0 Å². The zero-order valence-electron chi connectivity index (χ0n) is 42.9. The number of aromatic nitrogens is 1. The summed E-state index contributed by atoms with van der Waals surface area (Å²) in [5.74, 6) is -1.36. The monoisotopic (exact) mass is 986 g/mol. The van der Waals surface area contributed by atoms with E-state index in [0.29, 0.717) is 29.5 Å². The molecule has 4 aromatic rings. The lowest BCUT2D eigenvalue weighted by Crippen LogP contribution is -2.55. The van der Waals surface area contributed by atoms with Crippen LogP contribution in [0.1, 0.15) is 143 Å². The van der Waals surface area contributed by atoms with E-state index < -0.39 is 30.0 Å². The molecule has 1 aromatic heterocycles. The van der Waals surface area contributed by atoms with Gasteiger partial charge in [0.15, 0.2) is 0 Å². The van der Waals surface area contributed by atoms with Gasteiger partial charge in [-0.1, -0.05) is 68.9 Å². The predicted octanol–water partition coefficient (Wildman–Crippen LogP) is 7.41. The number of carbonyl (C=O) groups excluding carboxylic acids is 4. The molecule has 4 amide bonds. The molecule has 386 valence electrons. The number of aromatic amines is 1. The van der Waals surface area contributed by atoms with E-state index in [1.165, 1.54) is 37.7 Å². The molecular formula is C57H75N7O8. The highest BCUT2D eigenvalue weighted by molar-refractivity contribution is 6.24. The van der Waals surface area contributed by atoms with Gasteiger partial charge in [0.05, 0.1) is 17.7 Å². The maximum Gasteiger partial charge on any atom is 0.266 e. The molecule has 4 N–H and O–H groups in total. The smallest absolute Gasteiger partial charge is 0.266 e. The van der Waals surface area contributed by atoms with Gasteiger partial charge in [-0.25, -0.2) is 0 Å². The van der Waals surface area contributed by atoms with Crippen LogP contribution in [-0.4, -0.2) is 126 Å². The van der Waals surface area contributed by atoms with E-state index in [0.717, 1.165) is 130 Å². The SMILES string of the molecule is CCN(c1cc(-c2ccc(CN3CCN(CCCCCCCCCCOc4cccc5c4C(=O)N(C4CCC(O)NC4=O)C5=O)CC3)cc2)cc(C(=O)NCc2c(C)cc(C)[nH]c2=O)c1C)C1CCOCC1. The number of aliphatic hydroxyl groups excluding tert-OH is 1. The molecule has 3 fully saturated rings. The van der Waals surface area contributed by atoms with Gasteiger partial charge in [0.25, 0.3) is 23.3 Å². The molecule has 4 aliphatic heterocycles. The molecule has 15 heteroatoms. The van der Waals surface area contributed by atoms with Crippen molar-refractivity contribution < 1.29 is 33.8 Å². The van der Waals surface area contributed by atoms with Gasteiger partial charge in [-0.05, 0) is 131 Å². The first-order chi connectivity index (χ1) is 34.9. The normalized spacial score (nSPS) is 18.8. The van der Waals surface area contributed by atoms with Crippen LogP contribution in [0, 0.1) is 20.8 Å². The fourth-order valence-corrected chi connectivity index (χ4v) is 11.0. The number of piperazine rings is 1. The third-order valence-corrected chi connectivity index (χ3v) is 15.2. The number of nitrogens with zero attached hydrogens (tertiary/aromatic N) is 4. The van der Waals surface area contributed by atoms with Crippen molar-refractivity contribution in [2.45, 2.75) is 136 Å². The van der Waals surface area contributed by atoms with Gasteiger partial charge in [-0.2, -0.15) is 0 Å². The molecule has 72 heavy (non-hydrogen) atoms. The van der Waals surface area contributed by atoms with E-state index in [4.69, 9.17) is 9.47 Å². The fourth-order valence-electron chi connectivity index (χ4n) is 11.0. The van der Waals surface area contributed by atoms with Gasteiger partial charge in [0, 0.05) is 87.6 Å². The number of carbonyl (C=O) groups is 4. The van der Waals surface area contributed by atoms with E-state index in [9.17, 15) is 29.1 Å². The van der Waals surface area contributed by atoms with Crippen LogP contribution in [0.5, 0.6) is 5.75 Å². The van der Waals surface area contributed by atoms with Crippen molar-refractivity contribution in [3.05, 3.63) is 116 Å². The average Bonchev–Trinajstić information content (AvgIpc) is 3.63. The van der Waals surface area contributed by atoms with Crippen molar-refractivity contribution in [3.8, 4) is 16.9 Å². The molecule has 2 unspecified atom stereocenters. The topological polar surface area (TPSA) is 177 Å². The molecule has 4 aliphatic rings. The third kappa shape index (κ3) is 12.7. The molecule has 15 nitrogen and oxygen atoms in total. The first kappa shape index (κ1) is 52.5. The molecule has 2 atom stereocenters. The molecular weight excluding hydrogens is 911 g/mol. The summed E-state index contributed by atoms with van der Waals surface area (Å²) in [6.07, 6.45) is 10.5. The lowest BCUT2D eigenvalue weighted by Gasteiger charge is -2.37. The van der Waals surface area contributed by atoms with E-state index in [1.807, 2.05) is 32.9 Å². The first-order valence-corrected chi connectivity index (χ1v) is 26.5. The van der Waals surface area contributed by atoms with Crippen LogP contribution in [-0.2, 0) is 22.6 Å². The molecule has 0 radical (unpaired) electrons. The van der Waals surface area contributed by atoms with Crippen molar-refractivity contribution in [1.29, 1.82) is 0 Å². The summed E-state index contributed by atoms with van der Waals surface area (Å²) < 4.78 is 11.7. The highest BCUT2D eigenvalue weighted by atomic mass is 16.5. The highest BCUT2D eigenvalue weighted by Crippen LogP contribution is 2.36. The maximum atomic E-state index is 14.0. The molecule has 0 spiro atoms. The summed E-state index contributed by atoms with van der Waals surface area (Å²) in [7, 11) is 0. The Kier molecular flexibility index (Phi) is 18.0. The van der Waals surface area contributed by atoms with E-state index in [2.05, 4.69) is 67.6 Å². The Morgan fingerprint density at radius 2 is 1.50 bits per heavy atom. The summed E-state index contributed by atoms with van der Waals surface area (Å²) in [5.41, 5.74) is 8.48. The predicted molar refractivity (Wildman–Crippen MR) is 279 cm³/mol. The minimum absolute atomic E-state index is 0.153. The van der Waals surface area contributed by atoms with Crippen LogP contribution in [0.15, 0.2) is 65.5 Å². The number of imide groups is 1. The quantitative estimate of drug-likeness (QED) is 0.0456. The first-order valence-electron chi connectivity index (χ1n) is 26.5. The number of ether oxygens (including phenoxy) is 2. The Bertz CT molecular complexity index is 2600. The number of unbranched alkanes of at least 4 members (excludes halogenated alkanes) is 7. The number of pyridine rings is 1. The lowest BCUT2D eigenvalue weighted by molar-refractivity contribution is -0.131. The number of fused-ring (bicyclic) bond motifs is 1. The summed E-state index contributed by atoms with van der Waals surface area (Å²) in [6.45, 7) is 17.1. The number of hydrogen-bond acceptors (Lipinski definition) is 11. The zero-order valence-corrected chi connectivity index (χ0v) is 42.9. The number of rotatable bonds is 22. The Hall–Kier alpha value is -5.87. The Labute approximate surface area is 424 Å². The van der Waals surface area contributed by atoms with Crippen LogP contribution in [0.2, 0.25) is 0 Å². The van der Waals surface area contributed by atoms with Crippen LogP contribution < -0.4 is 25.8 Å². The number of aryl methyl sites for hydroxylation is 2. The van der Waals surface area contributed by atoms with Gasteiger partial charge in [0.2, 0.25) is 5.91 Å². The zero-order chi connectivity index (χ0) is 50.7. The number of benzene rings is 3. The number of anilines is 1. The number of hydrogen-bond donors (Lipinski definition) is 4. The minimum Gasteiger partial charge on any atom is -0.493 e. The second kappa shape index (κ2) is 24.7. The molecule has 8 rings (SSSR count). The second-order valence-electron chi connectivity index (χ2n) is 20.2. The Morgan fingerprint density at radius 1 is 0.806 bits per heavy atom. The van der Waals surface area contributed by atoms with Crippen LogP contribution in [0.3, 0.4) is 0 Å². The van der Waals surface area contributed by atoms with Gasteiger partial charge >= 0.3 is 0 Å². The van der Waals surface area contributed by atoms with Gasteiger partial charge in [0.1, 0.15) is 18.0 Å². The summed E-state index contributed by atoms with van der Waals surface area (Å²) in [6, 6.07) is 19.4. The second-order valence-corrected chi connectivity index (χ2v) is 20.2. The lowest BCUT2D eigenvalue weighted by atomic mass is 9.94. The number of aliphatic hydroxyl groups is 1. The van der Waals surface area contributed by atoms with E-state index in [-0.39, 0.29) is 42.0 Å². The van der Waals surface area contributed by atoms with Crippen molar-refractivity contribution in [3.63, 3.8) is 0 Å². The summed E-state index contributed by atoms with van der Waals surface area (Å²) >= 11 is 0. The standard InChI is InChI=1S/C57H75N7O8/c1-5-63(44-23-31-71-32-24-44)49-35-43(34-46(40(49)4)53(66)58-36-47-38(2)33-39(3)59-54(47)67)42-19-17-41(18-20-42)37-62-28-26-61(27-29-62)25-12-10-8-6-7-9-11-13-30-72-50-16-14-15-45-52(50)57(70)64(56(45)69)48-21-22-51(65)60-55(48)68/h14-20,33-35,44,48,51,65H,5-13,21-32,36-37H2,1-4H3,(H,58,66)(H,59,67)(H,60,68). The number of nitrogens with one attached hydrogen (secondary N) is 3. The van der Waals surface area contributed by atoms with Crippen molar-refractivity contribution in [1.82, 2.24) is 30.3 Å². The summed E-state index contributed by atoms with van der Waals surface area (Å²) in [4.78, 5) is 77.2. The Morgan fingerprint density at radius 3 is 2.19 bits per heavy atom. The molecule has 5 heterocycles. The van der Waals surface area contributed by atoms with Gasteiger partial charge in [-0.3, -0.25) is 33.8 Å². The largest absolute Gasteiger partial charge is 0.493 e. The molecule has 0 aliphatic carbocycles. The van der Waals surface area contributed by atoms with Crippen molar-refractivity contribution in [2.75, 3.05) is 64.0 Å². The fraction of sp³-hybridized carbons (Fsp3) is 0.526. The number of piperidine rings is 1. The molecule has 0 bridgehead atoms. The highest BCUT2D eigenvalue weighted by Gasteiger charge is 2.46. The molecule has 3 saturated heterocycles. The van der Waals surface area contributed by atoms with Gasteiger partial charge < -0.3 is 40.0 Å². The van der Waals surface area contributed by atoms with Crippen molar-refractivity contribution >= 4 is 29.3 Å². The Balaban J connectivity index is 0.741. The van der Waals surface area contributed by atoms with E-state index >= 15 is 0 Å².